The van der Waals surface area contributed by atoms with Gasteiger partial charge in [-0.1, -0.05) is 11.6 Å². The fraction of sp³-hybridized carbons (Fsp3) is 0.529. The van der Waals surface area contributed by atoms with Gasteiger partial charge in [-0.25, -0.2) is 9.97 Å². The monoisotopic (exact) mass is 360 g/mol. The maximum Gasteiger partial charge on any atom is 0.223 e. The maximum atomic E-state index is 11.6. The van der Waals surface area contributed by atoms with Gasteiger partial charge in [0.25, 0.3) is 0 Å². The summed E-state index contributed by atoms with van der Waals surface area (Å²) in [5, 5.41) is 11.2. The van der Waals surface area contributed by atoms with Gasteiger partial charge in [-0.15, -0.1) is 0 Å². The highest BCUT2D eigenvalue weighted by atomic mass is 35.5. The van der Waals surface area contributed by atoms with Crippen LogP contribution in [0.2, 0.25) is 5.02 Å². The van der Waals surface area contributed by atoms with E-state index in [1.54, 1.807) is 13.1 Å². The molecule has 0 spiro atoms. The minimum atomic E-state index is 0.105. The Kier molecular flexibility index (Phi) is 4.33. The molecule has 3 heterocycles. The van der Waals surface area contributed by atoms with E-state index in [1.165, 1.54) is 12.8 Å². The van der Waals surface area contributed by atoms with Gasteiger partial charge in [-0.05, 0) is 31.7 Å². The Morgan fingerprint density at radius 2 is 2.24 bits per heavy atom. The van der Waals surface area contributed by atoms with Crippen molar-refractivity contribution in [3.63, 3.8) is 0 Å². The highest BCUT2D eigenvalue weighted by molar-refractivity contribution is 6.32. The lowest BCUT2D eigenvalue weighted by Crippen LogP contribution is -2.44. The number of carbonyl (C=O) groups excluding carboxylic acids is 1. The molecule has 1 atom stereocenters. The van der Waals surface area contributed by atoms with Gasteiger partial charge in [0.1, 0.15) is 11.4 Å². The second-order valence-corrected chi connectivity index (χ2v) is 7.23. The molecular formula is C17H21ClN6O. The van der Waals surface area contributed by atoms with Crippen LogP contribution in [0.4, 0.5) is 5.95 Å². The number of nitrogens with zero attached hydrogens (tertiary/aromatic N) is 4. The van der Waals surface area contributed by atoms with Crippen molar-refractivity contribution in [1.29, 1.82) is 0 Å². The summed E-state index contributed by atoms with van der Waals surface area (Å²) in [6, 6.07) is 2.17. The Hall–Kier alpha value is -2.15. The van der Waals surface area contributed by atoms with Crippen molar-refractivity contribution >= 4 is 23.5 Å². The minimum absolute atomic E-state index is 0.105. The van der Waals surface area contributed by atoms with Gasteiger partial charge in [0.15, 0.2) is 0 Å². The van der Waals surface area contributed by atoms with Crippen LogP contribution in [0.3, 0.4) is 0 Å². The summed E-state index contributed by atoms with van der Waals surface area (Å²) in [7, 11) is 0. The number of piperidine rings is 1. The second kappa shape index (κ2) is 6.63. The summed E-state index contributed by atoms with van der Waals surface area (Å²) in [6.07, 6.45) is 5.98. The molecule has 2 N–H and O–H groups in total. The van der Waals surface area contributed by atoms with Crippen molar-refractivity contribution in [3.05, 3.63) is 23.0 Å². The third kappa shape index (κ3) is 3.61. The molecule has 0 unspecified atom stereocenters. The van der Waals surface area contributed by atoms with Gasteiger partial charge in [0.05, 0.1) is 11.2 Å². The van der Waals surface area contributed by atoms with Crippen LogP contribution in [-0.2, 0) is 4.79 Å². The van der Waals surface area contributed by atoms with Crippen LogP contribution >= 0.6 is 11.6 Å². The Morgan fingerprint density at radius 1 is 1.40 bits per heavy atom. The molecule has 1 saturated carbocycles. The predicted molar refractivity (Wildman–Crippen MR) is 95.5 cm³/mol. The minimum Gasteiger partial charge on any atom is -0.350 e. The van der Waals surface area contributed by atoms with E-state index in [0.29, 0.717) is 29.1 Å². The topological polar surface area (TPSA) is 86.8 Å². The molecule has 1 aliphatic carbocycles. The lowest BCUT2D eigenvalue weighted by molar-refractivity contribution is -0.129. The van der Waals surface area contributed by atoms with E-state index in [-0.39, 0.29) is 11.9 Å². The van der Waals surface area contributed by atoms with E-state index in [4.69, 9.17) is 11.6 Å². The molecule has 1 saturated heterocycles. The smallest absolute Gasteiger partial charge is 0.223 e. The lowest BCUT2D eigenvalue weighted by Gasteiger charge is -2.32. The fourth-order valence-corrected chi connectivity index (χ4v) is 3.43. The quantitative estimate of drug-likeness (QED) is 0.875. The number of aromatic nitrogens is 4. The van der Waals surface area contributed by atoms with E-state index in [1.807, 2.05) is 11.0 Å². The first-order valence-corrected chi connectivity index (χ1v) is 9.08. The number of hydrogen-bond acceptors (Lipinski definition) is 5. The standard InChI is InChI=1S/C17H21ClN6O/c1-10(25)24-6-2-3-12(9-24)20-17-19-8-13(18)16(21-17)15-7-14(22-23-15)11-4-5-11/h7-8,11-12H,2-6,9H2,1H3,(H,22,23)(H,19,20,21)/t12-/m0/s1. The fourth-order valence-electron chi connectivity index (χ4n) is 3.24. The molecule has 7 nitrogen and oxygen atoms in total. The molecule has 0 bridgehead atoms. The van der Waals surface area contributed by atoms with Crippen LogP contribution in [0.15, 0.2) is 12.3 Å². The van der Waals surface area contributed by atoms with Crippen molar-refractivity contribution in [1.82, 2.24) is 25.1 Å². The Morgan fingerprint density at radius 3 is 3.00 bits per heavy atom. The number of anilines is 1. The second-order valence-electron chi connectivity index (χ2n) is 6.82. The maximum absolute atomic E-state index is 11.6. The summed E-state index contributed by atoms with van der Waals surface area (Å²) in [5.74, 6) is 1.22. The zero-order chi connectivity index (χ0) is 17.4. The number of halogens is 1. The molecule has 2 aromatic rings. The van der Waals surface area contributed by atoms with Crippen LogP contribution in [0.1, 0.15) is 44.2 Å². The van der Waals surface area contributed by atoms with Crippen molar-refractivity contribution in [2.75, 3.05) is 18.4 Å². The molecule has 8 heteroatoms. The number of likely N-dealkylation sites (tertiary alicyclic amines) is 1. The summed E-state index contributed by atoms with van der Waals surface area (Å²) in [4.78, 5) is 22.3. The SMILES string of the molecule is CC(=O)N1CCC[C@H](Nc2ncc(Cl)c(-c3cc(C4CC4)[nH]n3)n2)C1. The molecule has 132 valence electrons. The lowest BCUT2D eigenvalue weighted by atomic mass is 10.1. The van der Waals surface area contributed by atoms with Crippen LogP contribution in [0.25, 0.3) is 11.4 Å². The number of H-pyrrole nitrogens is 1. The Balaban J connectivity index is 1.51. The van der Waals surface area contributed by atoms with E-state index in [0.717, 1.165) is 30.8 Å². The summed E-state index contributed by atoms with van der Waals surface area (Å²) in [6.45, 7) is 3.09. The molecule has 4 rings (SSSR count). The molecule has 0 radical (unpaired) electrons. The first kappa shape index (κ1) is 16.3. The molecule has 1 aliphatic heterocycles. The van der Waals surface area contributed by atoms with Crippen LogP contribution in [0, 0.1) is 0 Å². The van der Waals surface area contributed by atoms with Gasteiger partial charge in [-0.2, -0.15) is 5.10 Å². The van der Waals surface area contributed by atoms with Crippen molar-refractivity contribution in [2.45, 2.75) is 44.6 Å². The van der Waals surface area contributed by atoms with E-state index in [9.17, 15) is 4.79 Å². The number of aromatic amines is 1. The Bertz CT molecular complexity index is 787. The van der Waals surface area contributed by atoms with E-state index in [2.05, 4.69) is 25.5 Å². The third-order valence-corrected chi connectivity index (χ3v) is 5.08. The summed E-state index contributed by atoms with van der Waals surface area (Å²) in [5.41, 5.74) is 2.51. The number of rotatable bonds is 4. The molecule has 2 aromatic heterocycles. The van der Waals surface area contributed by atoms with Gasteiger partial charge in [0.2, 0.25) is 11.9 Å². The highest BCUT2D eigenvalue weighted by Crippen LogP contribution is 2.40. The summed E-state index contributed by atoms with van der Waals surface area (Å²) >= 11 is 6.28. The zero-order valence-electron chi connectivity index (χ0n) is 14.1. The van der Waals surface area contributed by atoms with Gasteiger partial charge in [-0.3, -0.25) is 9.89 Å². The van der Waals surface area contributed by atoms with Crippen molar-refractivity contribution < 1.29 is 4.79 Å². The molecule has 25 heavy (non-hydrogen) atoms. The third-order valence-electron chi connectivity index (χ3n) is 4.80. The van der Waals surface area contributed by atoms with Crippen molar-refractivity contribution in [2.24, 2.45) is 0 Å². The first-order chi connectivity index (χ1) is 12.1. The molecule has 1 amide bonds. The average molecular weight is 361 g/mol. The van der Waals surface area contributed by atoms with Gasteiger partial charge < -0.3 is 10.2 Å². The molecule has 2 fully saturated rings. The first-order valence-electron chi connectivity index (χ1n) is 8.70. The zero-order valence-corrected chi connectivity index (χ0v) is 14.9. The van der Waals surface area contributed by atoms with E-state index >= 15 is 0 Å². The number of amides is 1. The average Bonchev–Trinajstić information content (AvgIpc) is 3.34. The molecular weight excluding hydrogens is 340 g/mol. The Labute approximate surface area is 151 Å². The van der Waals surface area contributed by atoms with Crippen LogP contribution in [0.5, 0.6) is 0 Å². The number of nitrogens with one attached hydrogen (secondary N) is 2. The molecule has 2 aliphatic rings. The van der Waals surface area contributed by atoms with Crippen molar-refractivity contribution in [3.8, 4) is 11.4 Å². The normalized spacial score (nSPS) is 20.6. The predicted octanol–water partition coefficient (Wildman–Crippen LogP) is 2.82. The highest BCUT2D eigenvalue weighted by Gasteiger charge is 2.26. The number of carbonyl (C=O) groups is 1. The largest absolute Gasteiger partial charge is 0.350 e. The van der Waals surface area contributed by atoms with E-state index < -0.39 is 0 Å². The van der Waals surface area contributed by atoms with Crippen LogP contribution in [-0.4, -0.2) is 50.1 Å². The van der Waals surface area contributed by atoms with Crippen LogP contribution < -0.4 is 5.32 Å². The molecule has 0 aromatic carbocycles. The van der Waals surface area contributed by atoms with Gasteiger partial charge in [0, 0.05) is 37.7 Å². The summed E-state index contributed by atoms with van der Waals surface area (Å²) < 4.78 is 0. The van der Waals surface area contributed by atoms with Gasteiger partial charge >= 0.3 is 0 Å². The number of hydrogen-bond donors (Lipinski definition) is 2.